The molecule has 0 fully saturated rings. The van der Waals surface area contributed by atoms with Crippen LogP contribution in [0.2, 0.25) is 0 Å². The summed E-state index contributed by atoms with van der Waals surface area (Å²) in [4.78, 5) is 33.4. The Balaban J connectivity index is 1.85. The molecule has 2 aromatic rings. The van der Waals surface area contributed by atoms with E-state index in [0.717, 1.165) is 16.7 Å². The maximum absolute atomic E-state index is 11.9. The first-order valence-corrected chi connectivity index (χ1v) is 7.98. The molecule has 0 aliphatic rings. The van der Waals surface area contributed by atoms with Crippen molar-refractivity contribution in [3.63, 3.8) is 0 Å². The highest BCUT2D eigenvalue weighted by Gasteiger charge is 2.15. The zero-order chi connectivity index (χ0) is 18.1. The van der Waals surface area contributed by atoms with Crippen LogP contribution in [0, 0.1) is 0 Å². The number of carbonyl (C=O) groups is 3. The molecule has 2 aromatic carbocycles. The highest BCUT2D eigenvalue weighted by atomic mass is 16.2. The summed E-state index contributed by atoms with van der Waals surface area (Å²) >= 11 is 0. The Morgan fingerprint density at radius 1 is 0.960 bits per heavy atom. The molecule has 0 aliphatic heterocycles. The molecule has 4 N–H and O–H groups in total. The maximum atomic E-state index is 11.9. The minimum absolute atomic E-state index is 0.0749. The van der Waals surface area contributed by atoms with Gasteiger partial charge in [0.05, 0.1) is 19.1 Å². The molecule has 1 atom stereocenters. The van der Waals surface area contributed by atoms with Crippen molar-refractivity contribution in [1.82, 2.24) is 10.6 Å². The van der Waals surface area contributed by atoms with Crippen LogP contribution >= 0.6 is 0 Å². The monoisotopic (exact) mass is 339 g/mol. The van der Waals surface area contributed by atoms with E-state index in [2.05, 4.69) is 10.6 Å². The molecule has 0 aliphatic carbocycles. The summed E-state index contributed by atoms with van der Waals surface area (Å²) in [5.41, 5.74) is 9.04. The van der Waals surface area contributed by atoms with Gasteiger partial charge in [-0.25, -0.2) is 0 Å². The zero-order valence-electron chi connectivity index (χ0n) is 13.8. The lowest BCUT2D eigenvalue weighted by Gasteiger charge is -2.12. The van der Waals surface area contributed by atoms with Crippen LogP contribution in [-0.4, -0.2) is 37.2 Å². The van der Waals surface area contributed by atoms with Gasteiger partial charge in [0.2, 0.25) is 11.8 Å². The van der Waals surface area contributed by atoms with Gasteiger partial charge in [0, 0.05) is 0 Å². The number of nitrogens with one attached hydrogen (secondary N) is 2. The van der Waals surface area contributed by atoms with Crippen molar-refractivity contribution in [2.24, 2.45) is 5.73 Å². The molecule has 25 heavy (non-hydrogen) atoms. The van der Waals surface area contributed by atoms with Gasteiger partial charge in [0.15, 0.2) is 0 Å². The summed E-state index contributed by atoms with van der Waals surface area (Å²) in [6.07, 6.45) is 0.946. The Hall–Kier alpha value is -2.99. The van der Waals surface area contributed by atoms with Crippen LogP contribution in [0.3, 0.4) is 0 Å². The van der Waals surface area contributed by atoms with Crippen LogP contribution in [-0.2, 0) is 20.8 Å². The Morgan fingerprint density at radius 3 is 2.24 bits per heavy atom. The standard InChI is InChI=1S/C19H21N3O3/c20-17(19(25)22-13-18(24)21-10-11-23)12-14-6-8-16(9-7-14)15-4-2-1-3-5-15/h1-9,11,17H,10,12-13,20H2,(H,21,24)(H,22,25)/t17-/m0/s1. The zero-order valence-corrected chi connectivity index (χ0v) is 13.8. The Bertz CT molecular complexity index is 714. The van der Waals surface area contributed by atoms with Gasteiger partial charge in [-0.15, -0.1) is 0 Å². The number of benzene rings is 2. The Morgan fingerprint density at radius 2 is 1.60 bits per heavy atom. The summed E-state index contributed by atoms with van der Waals surface area (Å²) in [6, 6.07) is 17.1. The highest BCUT2D eigenvalue weighted by Crippen LogP contribution is 2.19. The normalized spacial score (nSPS) is 11.4. The number of aldehydes is 1. The number of nitrogens with two attached hydrogens (primary N) is 1. The molecule has 0 saturated heterocycles. The largest absolute Gasteiger partial charge is 0.348 e. The van der Waals surface area contributed by atoms with Gasteiger partial charge in [0.1, 0.15) is 6.29 Å². The van der Waals surface area contributed by atoms with Gasteiger partial charge in [-0.1, -0.05) is 54.6 Å². The summed E-state index contributed by atoms with van der Waals surface area (Å²) in [5.74, 6) is -0.840. The van der Waals surface area contributed by atoms with E-state index in [1.54, 1.807) is 0 Å². The highest BCUT2D eigenvalue weighted by molar-refractivity contribution is 5.88. The predicted molar refractivity (Wildman–Crippen MR) is 95.6 cm³/mol. The first-order chi connectivity index (χ1) is 12.1. The van der Waals surface area contributed by atoms with Crippen LogP contribution in [0.5, 0.6) is 0 Å². The molecule has 130 valence electrons. The molecule has 6 heteroatoms. The van der Waals surface area contributed by atoms with Gasteiger partial charge in [0.25, 0.3) is 0 Å². The second-order valence-electron chi connectivity index (χ2n) is 5.56. The molecule has 6 nitrogen and oxygen atoms in total. The van der Waals surface area contributed by atoms with Crippen LogP contribution in [0.15, 0.2) is 54.6 Å². The van der Waals surface area contributed by atoms with E-state index in [1.165, 1.54) is 0 Å². The number of rotatable bonds is 8. The van der Waals surface area contributed by atoms with Gasteiger partial charge in [-0.2, -0.15) is 0 Å². The third-order valence-corrected chi connectivity index (χ3v) is 3.66. The van der Waals surface area contributed by atoms with E-state index in [1.807, 2.05) is 54.6 Å². The third kappa shape index (κ3) is 5.86. The predicted octanol–water partition coefficient (Wildman–Crippen LogP) is 0.655. The maximum Gasteiger partial charge on any atom is 0.239 e. The van der Waals surface area contributed by atoms with E-state index >= 15 is 0 Å². The van der Waals surface area contributed by atoms with Crippen LogP contribution in [0.4, 0.5) is 0 Å². The van der Waals surface area contributed by atoms with E-state index < -0.39 is 17.9 Å². The lowest BCUT2D eigenvalue weighted by molar-refractivity contribution is -0.127. The minimum Gasteiger partial charge on any atom is -0.348 e. The van der Waals surface area contributed by atoms with Gasteiger partial charge in [-0.05, 0) is 23.1 Å². The fraction of sp³-hybridized carbons (Fsp3) is 0.211. The number of amides is 2. The van der Waals surface area contributed by atoms with E-state index in [-0.39, 0.29) is 13.1 Å². The molecule has 0 radical (unpaired) electrons. The van der Waals surface area contributed by atoms with Crippen LogP contribution < -0.4 is 16.4 Å². The summed E-state index contributed by atoms with van der Waals surface area (Å²) < 4.78 is 0. The SMILES string of the molecule is N[C@@H](Cc1ccc(-c2ccccc2)cc1)C(=O)NCC(=O)NCC=O. The van der Waals surface area contributed by atoms with Crippen molar-refractivity contribution in [3.05, 3.63) is 60.2 Å². The molecule has 0 heterocycles. The average Bonchev–Trinajstić information content (AvgIpc) is 2.65. The number of hydrogen-bond acceptors (Lipinski definition) is 4. The molecule has 0 saturated carbocycles. The summed E-state index contributed by atoms with van der Waals surface area (Å²) in [6.45, 7) is -0.276. The third-order valence-electron chi connectivity index (χ3n) is 3.66. The molecule has 2 amide bonds. The Kier molecular flexibility index (Phi) is 6.86. The van der Waals surface area contributed by atoms with E-state index in [4.69, 9.17) is 5.73 Å². The molecule has 2 rings (SSSR count). The quantitative estimate of drug-likeness (QED) is 0.615. The number of hydrogen-bond donors (Lipinski definition) is 3. The Labute approximate surface area is 146 Å². The van der Waals surface area contributed by atoms with Crippen molar-refractivity contribution >= 4 is 18.1 Å². The fourth-order valence-corrected chi connectivity index (χ4v) is 2.33. The van der Waals surface area contributed by atoms with Crippen molar-refractivity contribution in [1.29, 1.82) is 0 Å². The van der Waals surface area contributed by atoms with Crippen LogP contribution in [0.25, 0.3) is 11.1 Å². The van der Waals surface area contributed by atoms with Crippen molar-refractivity contribution in [2.75, 3.05) is 13.1 Å². The topological polar surface area (TPSA) is 101 Å². The summed E-state index contributed by atoms with van der Waals surface area (Å²) in [5, 5.41) is 4.79. The van der Waals surface area contributed by atoms with Gasteiger partial charge >= 0.3 is 0 Å². The van der Waals surface area contributed by atoms with Crippen molar-refractivity contribution < 1.29 is 14.4 Å². The molecule has 0 spiro atoms. The first-order valence-electron chi connectivity index (χ1n) is 7.98. The fourth-order valence-electron chi connectivity index (χ4n) is 2.33. The molecule has 0 bridgehead atoms. The second kappa shape index (κ2) is 9.34. The molecule has 0 aromatic heterocycles. The van der Waals surface area contributed by atoms with Gasteiger partial charge in [-0.3, -0.25) is 9.59 Å². The minimum atomic E-state index is -0.749. The van der Waals surface area contributed by atoms with Gasteiger partial charge < -0.3 is 21.2 Å². The van der Waals surface area contributed by atoms with Crippen molar-refractivity contribution in [3.8, 4) is 11.1 Å². The molecular formula is C19H21N3O3. The average molecular weight is 339 g/mol. The van der Waals surface area contributed by atoms with E-state index in [9.17, 15) is 14.4 Å². The molecule has 0 unspecified atom stereocenters. The lowest BCUT2D eigenvalue weighted by atomic mass is 10.0. The smallest absolute Gasteiger partial charge is 0.239 e. The van der Waals surface area contributed by atoms with Crippen LogP contribution in [0.1, 0.15) is 5.56 Å². The lowest BCUT2D eigenvalue weighted by Crippen LogP contribution is -2.46. The summed E-state index contributed by atoms with van der Waals surface area (Å²) in [7, 11) is 0. The van der Waals surface area contributed by atoms with E-state index in [0.29, 0.717) is 12.7 Å². The number of carbonyl (C=O) groups excluding carboxylic acids is 3. The first kappa shape index (κ1) is 18.4. The second-order valence-corrected chi connectivity index (χ2v) is 5.56. The van der Waals surface area contributed by atoms with Crippen molar-refractivity contribution in [2.45, 2.75) is 12.5 Å². The molecular weight excluding hydrogens is 318 g/mol.